The Bertz CT molecular complexity index is 696. The summed E-state index contributed by atoms with van der Waals surface area (Å²) in [6.07, 6.45) is 0. The number of anilines is 1. The van der Waals surface area contributed by atoms with Crippen LogP contribution in [0, 0.1) is 24.0 Å². The van der Waals surface area contributed by atoms with Crippen molar-refractivity contribution in [3.63, 3.8) is 0 Å². The van der Waals surface area contributed by atoms with Crippen LogP contribution in [0.25, 0.3) is 0 Å². The molecule has 0 aliphatic carbocycles. The fourth-order valence-electron chi connectivity index (χ4n) is 1.70. The third-order valence-corrected chi connectivity index (χ3v) is 2.76. The third-order valence-electron chi connectivity index (χ3n) is 2.55. The Labute approximate surface area is 118 Å². The molecule has 2 aromatic heterocycles. The van der Waals surface area contributed by atoms with E-state index in [2.05, 4.69) is 10.3 Å². The number of pyridine rings is 1. The van der Waals surface area contributed by atoms with Crippen molar-refractivity contribution in [3.05, 3.63) is 50.6 Å². The Morgan fingerprint density at radius 1 is 1.45 bits per heavy atom. The molecule has 0 saturated carbocycles. The van der Waals surface area contributed by atoms with E-state index in [4.69, 9.17) is 16.0 Å². The average Bonchev–Trinajstić information content (AvgIpc) is 2.68. The number of hydrogen-bond donors (Lipinski definition) is 1. The number of hydrogen-bond acceptors (Lipinski definition) is 5. The van der Waals surface area contributed by atoms with Gasteiger partial charge < -0.3 is 9.73 Å². The van der Waals surface area contributed by atoms with Crippen LogP contribution >= 0.6 is 11.6 Å². The van der Waals surface area contributed by atoms with Gasteiger partial charge in [-0.1, -0.05) is 11.6 Å². The van der Waals surface area contributed by atoms with Crippen LogP contribution < -0.4 is 5.32 Å². The van der Waals surface area contributed by atoms with Gasteiger partial charge in [0.05, 0.1) is 10.5 Å². The zero-order valence-electron chi connectivity index (χ0n) is 10.6. The highest BCUT2D eigenvalue weighted by Gasteiger charge is 2.21. The number of carbonyl (C=O) groups is 1. The Kier molecular flexibility index (Phi) is 3.71. The maximum Gasteiger partial charge on any atom is 0.311 e. The largest absolute Gasteiger partial charge is 0.466 e. The summed E-state index contributed by atoms with van der Waals surface area (Å²) >= 11 is 5.68. The number of nitrogens with one attached hydrogen (secondary N) is 1. The number of rotatable bonds is 3. The quantitative estimate of drug-likeness (QED) is 0.533. The number of carbonyl (C=O) groups excluding carboxylic acids is 1. The molecule has 0 unspecified atom stereocenters. The molecule has 0 spiro atoms. The maximum atomic E-state index is 12.1. The van der Waals surface area contributed by atoms with Gasteiger partial charge in [-0.25, -0.2) is 4.98 Å². The Morgan fingerprint density at radius 2 is 2.15 bits per heavy atom. The summed E-state index contributed by atoms with van der Waals surface area (Å²) in [6.45, 7) is 3.32. The minimum absolute atomic E-state index is 0.0472. The number of halogens is 1. The monoisotopic (exact) mass is 295 g/mol. The van der Waals surface area contributed by atoms with Crippen LogP contribution in [0.5, 0.6) is 0 Å². The van der Waals surface area contributed by atoms with Gasteiger partial charge in [0.1, 0.15) is 16.7 Å². The first kappa shape index (κ1) is 14.0. The minimum Gasteiger partial charge on any atom is -0.466 e. The van der Waals surface area contributed by atoms with Crippen LogP contribution in [0.15, 0.2) is 22.6 Å². The van der Waals surface area contributed by atoms with Gasteiger partial charge in [0, 0.05) is 6.07 Å². The highest BCUT2D eigenvalue weighted by atomic mass is 35.5. The summed E-state index contributed by atoms with van der Waals surface area (Å²) in [5, 5.41) is 13.3. The van der Waals surface area contributed by atoms with Crippen LogP contribution in [0.2, 0.25) is 5.15 Å². The molecule has 0 atom stereocenters. The van der Waals surface area contributed by atoms with Gasteiger partial charge in [0.2, 0.25) is 5.82 Å². The lowest BCUT2D eigenvalue weighted by Crippen LogP contribution is -2.14. The average molecular weight is 296 g/mol. The van der Waals surface area contributed by atoms with E-state index in [1.54, 1.807) is 19.9 Å². The lowest BCUT2D eigenvalue weighted by atomic mass is 10.2. The number of nitro groups is 1. The molecule has 1 N–H and O–H groups in total. The fourth-order valence-corrected chi connectivity index (χ4v) is 1.85. The number of aromatic nitrogens is 1. The number of furan rings is 1. The molecule has 104 valence electrons. The molecular formula is C12H10ClN3O4. The van der Waals surface area contributed by atoms with E-state index in [9.17, 15) is 14.9 Å². The molecule has 0 aliphatic rings. The van der Waals surface area contributed by atoms with E-state index < -0.39 is 10.8 Å². The second-order valence-electron chi connectivity index (χ2n) is 4.04. The van der Waals surface area contributed by atoms with E-state index in [0.29, 0.717) is 17.1 Å². The Balaban J connectivity index is 2.34. The van der Waals surface area contributed by atoms with Crippen molar-refractivity contribution in [2.24, 2.45) is 0 Å². The van der Waals surface area contributed by atoms with Crippen molar-refractivity contribution in [3.8, 4) is 0 Å². The summed E-state index contributed by atoms with van der Waals surface area (Å²) in [7, 11) is 0. The normalized spacial score (nSPS) is 10.3. The van der Waals surface area contributed by atoms with E-state index in [-0.39, 0.29) is 16.7 Å². The summed E-state index contributed by atoms with van der Waals surface area (Å²) in [4.78, 5) is 26.0. The second kappa shape index (κ2) is 5.30. The molecule has 2 aromatic rings. The summed E-state index contributed by atoms with van der Waals surface area (Å²) < 4.78 is 5.23. The molecule has 2 rings (SSSR count). The summed E-state index contributed by atoms with van der Waals surface area (Å²) in [5.41, 5.74) is -0.0424. The first-order valence-corrected chi connectivity index (χ1v) is 5.95. The first-order chi connectivity index (χ1) is 9.38. The molecule has 20 heavy (non-hydrogen) atoms. The van der Waals surface area contributed by atoms with Crippen LogP contribution in [-0.2, 0) is 0 Å². The van der Waals surface area contributed by atoms with Crippen molar-refractivity contribution in [2.45, 2.75) is 13.8 Å². The van der Waals surface area contributed by atoms with Gasteiger partial charge >= 0.3 is 5.69 Å². The topological polar surface area (TPSA) is 98.3 Å². The molecule has 0 bridgehead atoms. The third kappa shape index (κ3) is 2.77. The lowest BCUT2D eigenvalue weighted by molar-refractivity contribution is -0.384. The molecule has 0 fully saturated rings. The standard InChI is InChI=1S/C12H10ClN3O4/c1-6-5-8(7(2)20-6)12(17)15-11-9(16(18)19)3-4-10(13)14-11/h3-5H,1-2H3,(H,14,15,17). The first-order valence-electron chi connectivity index (χ1n) is 5.58. The van der Waals surface area contributed by atoms with Gasteiger partial charge in [0.25, 0.3) is 5.91 Å². The number of nitrogens with zero attached hydrogens (tertiary/aromatic N) is 2. The zero-order valence-corrected chi connectivity index (χ0v) is 11.4. The molecule has 1 amide bonds. The summed E-state index contributed by atoms with van der Waals surface area (Å²) in [6, 6.07) is 4.00. The maximum absolute atomic E-state index is 12.1. The predicted octanol–water partition coefficient (Wildman–Crippen LogP) is 3.11. The van der Waals surface area contributed by atoms with Crippen LogP contribution in [0.1, 0.15) is 21.9 Å². The van der Waals surface area contributed by atoms with Crippen molar-refractivity contribution in [2.75, 3.05) is 5.32 Å². The number of amides is 1. The van der Waals surface area contributed by atoms with Gasteiger partial charge in [-0.2, -0.15) is 0 Å². The molecule has 0 aromatic carbocycles. The molecule has 0 aliphatic heterocycles. The van der Waals surface area contributed by atoms with E-state index >= 15 is 0 Å². The molecule has 2 heterocycles. The number of aryl methyl sites for hydroxylation is 2. The highest BCUT2D eigenvalue weighted by Crippen LogP contribution is 2.25. The van der Waals surface area contributed by atoms with Crippen molar-refractivity contribution >= 4 is 29.0 Å². The molecule has 0 radical (unpaired) electrons. The van der Waals surface area contributed by atoms with E-state index in [1.807, 2.05) is 0 Å². The van der Waals surface area contributed by atoms with Gasteiger partial charge in [-0.05, 0) is 26.0 Å². The van der Waals surface area contributed by atoms with E-state index in [1.165, 1.54) is 12.1 Å². The van der Waals surface area contributed by atoms with Crippen molar-refractivity contribution in [1.82, 2.24) is 4.98 Å². The predicted molar refractivity (Wildman–Crippen MR) is 72.0 cm³/mol. The SMILES string of the molecule is Cc1cc(C(=O)Nc2nc(Cl)ccc2[N+](=O)[O-])c(C)o1. The van der Waals surface area contributed by atoms with Crippen molar-refractivity contribution < 1.29 is 14.1 Å². The molecule has 0 saturated heterocycles. The van der Waals surface area contributed by atoms with Gasteiger partial charge in [0.15, 0.2) is 0 Å². The van der Waals surface area contributed by atoms with Crippen LogP contribution in [-0.4, -0.2) is 15.8 Å². The van der Waals surface area contributed by atoms with E-state index in [0.717, 1.165) is 0 Å². The molecule has 7 nitrogen and oxygen atoms in total. The Morgan fingerprint density at radius 3 is 2.70 bits per heavy atom. The molecular weight excluding hydrogens is 286 g/mol. The minimum atomic E-state index is -0.646. The Hall–Kier alpha value is -2.41. The summed E-state index contributed by atoms with van der Waals surface area (Å²) in [5.74, 6) is 0.244. The highest BCUT2D eigenvalue weighted by molar-refractivity contribution is 6.29. The van der Waals surface area contributed by atoms with Crippen molar-refractivity contribution in [1.29, 1.82) is 0 Å². The van der Waals surface area contributed by atoms with Gasteiger partial charge in [-0.3, -0.25) is 14.9 Å². The van der Waals surface area contributed by atoms with Crippen LogP contribution in [0.3, 0.4) is 0 Å². The molecule has 8 heteroatoms. The lowest BCUT2D eigenvalue weighted by Gasteiger charge is -2.04. The smallest absolute Gasteiger partial charge is 0.311 e. The van der Waals surface area contributed by atoms with Crippen LogP contribution in [0.4, 0.5) is 11.5 Å². The second-order valence-corrected chi connectivity index (χ2v) is 4.43. The fraction of sp³-hybridized carbons (Fsp3) is 0.167. The van der Waals surface area contributed by atoms with Gasteiger partial charge in [-0.15, -0.1) is 0 Å². The zero-order chi connectivity index (χ0) is 14.9.